The van der Waals surface area contributed by atoms with E-state index in [0.717, 1.165) is 10.6 Å². The van der Waals surface area contributed by atoms with Crippen molar-refractivity contribution in [3.8, 4) is 11.3 Å². The van der Waals surface area contributed by atoms with Crippen molar-refractivity contribution >= 4 is 22.3 Å². The van der Waals surface area contributed by atoms with E-state index in [9.17, 15) is 9.90 Å². The smallest absolute Gasteiger partial charge is 0.356 e. The van der Waals surface area contributed by atoms with Crippen LogP contribution < -0.4 is 0 Å². The molecule has 0 saturated carbocycles. The molecule has 0 spiro atoms. The Balaban J connectivity index is 2.32. The maximum absolute atomic E-state index is 11.4. The van der Waals surface area contributed by atoms with Crippen LogP contribution in [0.1, 0.15) is 15.5 Å². The van der Waals surface area contributed by atoms with Crippen LogP contribution in [0.5, 0.6) is 0 Å². The van der Waals surface area contributed by atoms with Crippen molar-refractivity contribution < 1.29 is 9.90 Å². The number of aromatic nitrogens is 3. The van der Waals surface area contributed by atoms with E-state index in [1.165, 1.54) is 15.9 Å². The highest BCUT2D eigenvalue weighted by Crippen LogP contribution is 2.26. The quantitative estimate of drug-likeness (QED) is 0.767. The van der Waals surface area contributed by atoms with E-state index in [0.29, 0.717) is 10.7 Å². The fraction of sp³-hybridized carbons (Fsp3) is 0.0833. The van der Waals surface area contributed by atoms with Crippen LogP contribution in [0.3, 0.4) is 0 Å². The summed E-state index contributed by atoms with van der Waals surface area (Å²) in [4.78, 5) is 16.3. The summed E-state index contributed by atoms with van der Waals surface area (Å²) in [5.41, 5.74) is 1.35. The molecular formula is C12H9N3O2S. The number of hydrogen-bond donors (Lipinski definition) is 1. The number of aryl methyl sites for hydroxylation is 1. The third-order valence-corrected chi connectivity index (χ3v) is 3.38. The number of hydrogen-bond acceptors (Lipinski definition) is 4. The first-order valence-corrected chi connectivity index (χ1v) is 6.13. The Hall–Kier alpha value is -2.21. The topological polar surface area (TPSA) is 67.5 Å². The van der Waals surface area contributed by atoms with Crippen LogP contribution in [0.4, 0.5) is 0 Å². The summed E-state index contributed by atoms with van der Waals surface area (Å²) in [5, 5.41) is 14.3. The molecule has 0 unspecified atom stereocenters. The average molecular weight is 259 g/mol. The fourth-order valence-electron chi connectivity index (χ4n) is 1.83. The molecule has 18 heavy (non-hydrogen) atoms. The standard InChI is InChI=1S/C12H9N3O2S/c1-7-14-15-10(11(16)17)9(13-12(15)18-7)8-5-3-2-4-6-8/h2-6H,1H3,(H,16,17). The molecule has 5 nitrogen and oxygen atoms in total. The van der Waals surface area contributed by atoms with Gasteiger partial charge in [0.05, 0.1) is 0 Å². The Bertz CT molecular complexity index is 730. The zero-order chi connectivity index (χ0) is 12.7. The Morgan fingerprint density at radius 2 is 2.06 bits per heavy atom. The van der Waals surface area contributed by atoms with E-state index in [1.54, 1.807) is 0 Å². The number of aromatic carboxylic acids is 1. The Labute approximate surface area is 106 Å². The first kappa shape index (κ1) is 10.9. The highest BCUT2D eigenvalue weighted by atomic mass is 32.1. The number of nitrogens with zero attached hydrogens (tertiary/aromatic N) is 3. The van der Waals surface area contributed by atoms with Crippen LogP contribution >= 0.6 is 11.3 Å². The first-order chi connectivity index (χ1) is 8.66. The van der Waals surface area contributed by atoms with Gasteiger partial charge in [-0.1, -0.05) is 41.7 Å². The third-order valence-electron chi connectivity index (χ3n) is 2.55. The van der Waals surface area contributed by atoms with E-state index in [1.807, 2.05) is 37.3 Å². The van der Waals surface area contributed by atoms with Crippen molar-refractivity contribution in [1.29, 1.82) is 0 Å². The number of imidazole rings is 1. The summed E-state index contributed by atoms with van der Waals surface area (Å²) in [6.45, 7) is 1.83. The first-order valence-electron chi connectivity index (χ1n) is 5.31. The van der Waals surface area contributed by atoms with Gasteiger partial charge in [-0.15, -0.1) is 0 Å². The average Bonchev–Trinajstić information content (AvgIpc) is 2.85. The molecule has 0 atom stereocenters. The molecule has 1 aromatic carbocycles. The van der Waals surface area contributed by atoms with Gasteiger partial charge in [0.25, 0.3) is 0 Å². The summed E-state index contributed by atoms with van der Waals surface area (Å²) in [6.07, 6.45) is 0. The summed E-state index contributed by atoms with van der Waals surface area (Å²) in [5.74, 6) is -1.02. The highest BCUT2D eigenvalue weighted by Gasteiger charge is 2.22. The summed E-state index contributed by atoms with van der Waals surface area (Å²) < 4.78 is 1.39. The molecule has 0 bridgehead atoms. The number of carbonyl (C=O) groups is 1. The number of benzene rings is 1. The second kappa shape index (κ2) is 3.92. The molecular weight excluding hydrogens is 250 g/mol. The van der Waals surface area contributed by atoms with Crippen molar-refractivity contribution in [1.82, 2.24) is 14.6 Å². The van der Waals surface area contributed by atoms with E-state index < -0.39 is 5.97 Å². The van der Waals surface area contributed by atoms with E-state index in [2.05, 4.69) is 10.1 Å². The predicted molar refractivity (Wildman–Crippen MR) is 68.0 cm³/mol. The molecule has 0 amide bonds. The lowest BCUT2D eigenvalue weighted by molar-refractivity contribution is 0.0689. The second-order valence-electron chi connectivity index (χ2n) is 3.80. The molecule has 0 aliphatic heterocycles. The van der Waals surface area contributed by atoms with Gasteiger partial charge in [0, 0.05) is 5.56 Å². The lowest BCUT2D eigenvalue weighted by Gasteiger charge is -1.98. The molecule has 0 saturated heterocycles. The van der Waals surface area contributed by atoms with Gasteiger partial charge in [-0.25, -0.2) is 9.78 Å². The fourth-order valence-corrected chi connectivity index (χ4v) is 2.58. The Morgan fingerprint density at radius 3 is 2.72 bits per heavy atom. The van der Waals surface area contributed by atoms with Crippen LogP contribution in [0, 0.1) is 6.92 Å². The van der Waals surface area contributed by atoms with Crippen molar-refractivity contribution in [3.05, 3.63) is 41.0 Å². The highest BCUT2D eigenvalue weighted by molar-refractivity contribution is 7.16. The van der Waals surface area contributed by atoms with Crippen LogP contribution in [0.25, 0.3) is 16.2 Å². The molecule has 6 heteroatoms. The molecule has 0 radical (unpaired) electrons. The SMILES string of the molecule is Cc1nn2c(C(=O)O)c(-c3ccccc3)nc2s1. The second-order valence-corrected chi connectivity index (χ2v) is 4.96. The van der Waals surface area contributed by atoms with Crippen molar-refractivity contribution in [2.75, 3.05) is 0 Å². The van der Waals surface area contributed by atoms with Crippen LogP contribution in [0.2, 0.25) is 0 Å². The number of carboxylic acids is 1. The van der Waals surface area contributed by atoms with Gasteiger partial charge in [0.2, 0.25) is 4.96 Å². The zero-order valence-electron chi connectivity index (χ0n) is 9.49. The van der Waals surface area contributed by atoms with Gasteiger partial charge in [0.1, 0.15) is 10.7 Å². The van der Waals surface area contributed by atoms with Gasteiger partial charge in [-0.2, -0.15) is 9.61 Å². The number of rotatable bonds is 2. The molecule has 2 heterocycles. The van der Waals surface area contributed by atoms with E-state index >= 15 is 0 Å². The Kier molecular flexibility index (Phi) is 2.38. The lowest BCUT2D eigenvalue weighted by atomic mass is 10.1. The number of fused-ring (bicyclic) bond motifs is 1. The molecule has 1 N–H and O–H groups in total. The minimum absolute atomic E-state index is 0.112. The molecule has 2 aromatic heterocycles. The molecule has 3 aromatic rings. The predicted octanol–water partition coefficient (Wildman–Crippen LogP) is 2.46. The molecule has 0 aliphatic carbocycles. The maximum Gasteiger partial charge on any atom is 0.356 e. The molecule has 3 rings (SSSR count). The summed E-state index contributed by atoms with van der Waals surface area (Å²) in [6, 6.07) is 9.27. The molecule has 0 aliphatic rings. The van der Waals surface area contributed by atoms with Crippen molar-refractivity contribution in [2.45, 2.75) is 6.92 Å². The minimum Gasteiger partial charge on any atom is -0.476 e. The van der Waals surface area contributed by atoms with Crippen molar-refractivity contribution in [2.24, 2.45) is 0 Å². The monoisotopic (exact) mass is 259 g/mol. The molecule has 90 valence electrons. The largest absolute Gasteiger partial charge is 0.476 e. The zero-order valence-corrected chi connectivity index (χ0v) is 10.3. The molecule has 0 fully saturated rings. The van der Waals surface area contributed by atoms with Gasteiger partial charge < -0.3 is 5.11 Å². The maximum atomic E-state index is 11.4. The van der Waals surface area contributed by atoms with Crippen molar-refractivity contribution in [3.63, 3.8) is 0 Å². The van der Waals surface area contributed by atoms with Crippen LogP contribution in [-0.4, -0.2) is 25.7 Å². The van der Waals surface area contributed by atoms with E-state index in [4.69, 9.17) is 0 Å². The van der Waals surface area contributed by atoms with Crippen LogP contribution in [0.15, 0.2) is 30.3 Å². The summed E-state index contributed by atoms with van der Waals surface area (Å²) in [7, 11) is 0. The van der Waals surface area contributed by atoms with E-state index in [-0.39, 0.29) is 5.69 Å². The van der Waals surface area contributed by atoms with Gasteiger partial charge in [-0.05, 0) is 6.92 Å². The number of carboxylic acid groups (broad SMARTS) is 1. The minimum atomic E-state index is -1.02. The van der Waals surface area contributed by atoms with Gasteiger partial charge in [-0.3, -0.25) is 0 Å². The third kappa shape index (κ3) is 1.58. The normalized spacial score (nSPS) is 10.9. The lowest BCUT2D eigenvalue weighted by Crippen LogP contribution is -2.04. The Morgan fingerprint density at radius 1 is 1.33 bits per heavy atom. The van der Waals surface area contributed by atoms with Gasteiger partial charge >= 0.3 is 5.97 Å². The van der Waals surface area contributed by atoms with Crippen LogP contribution in [-0.2, 0) is 0 Å². The van der Waals surface area contributed by atoms with Gasteiger partial charge in [0.15, 0.2) is 5.69 Å². The summed E-state index contributed by atoms with van der Waals surface area (Å²) >= 11 is 1.38.